The molecule has 0 amide bonds. The third-order valence-corrected chi connectivity index (χ3v) is 3.41. The number of carbonyl (C=O) groups is 2. The monoisotopic (exact) mass is 262 g/mol. The van der Waals surface area contributed by atoms with Crippen LogP contribution in [0.1, 0.15) is 19.3 Å². The molecule has 0 spiro atoms. The molecule has 0 saturated carbocycles. The molecule has 0 aliphatic carbocycles. The molecule has 17 heavy (non-hydrogen) atoms. The van der Waals surface area contributed by atoms with Crippen LogP contribution in [0.2, 0.25) is 0 Å². The summed E-state index contributed by atoms with van der Waals surface area (Å²) in [4.78, 5) is 22.0. The number of carboxylic acids is 2. The summed E-state index contributed by atoms with van der Waals surface area (Å²) >= 11 is 1.57. The first kappa shape index (κ1) is 14.3. The van der Waals surface area contributed by atoms with E-state index < -0.39 is 24.0 Å². The van der Waals surface area contributed by atoms with Crippen molar-refractivity contribution in [3.05, 3.63) is 0 Å². The molecular weight excluding hydrogens is 244 g/mol. The van der Waals surface area contributed by atoms with Crippen molar-refractivity contribution in [2.45, 2.75) is 31.3 Å². The lowest BCUT2D eigenvalue weighted by Gasteiger charge is -2.26. The van der Waals surface area contributed by atoms with E-state index in [2.05, 4.69) is 5.43 Å². The maximum atomic E-state index is 11.0. The van der Waals surface area contributed by atoms with E-state index in [1.807, 2.05) is 6.26 Å². The Morgan fingerprint density at radius 2 is 2.24 bits per heavy atom. The molecule has 1 aliphatic rings. The van der Waals surface area contributed by atoms with Crippen molar-refractivity contribution in [2.75, 3.05) is 18.6 Å². The standard InChI is InChI=1S/C10H18N2O4S/c1-17-6-4-7(9(13)14)11-12-5-2-3-8(12)10(15)16/h7-8,11H,2-6H2,1H3,(H,13,14)(H,15,16)/t7-,8-/m0/s1. The fraction of sp³-hybridized carbons (Fsp3) is 0.800. The molecule has 3 N–H and O–H groups in total. The Balaban J connectivity index is 2.53. The zero-order valence-electron chi connectivity index (χ0n) is 9.76. The summed E-state index contributed by atoms with van der Waals surface area (Å²) in [7, 11) is 0. The van der Waals surface area contributed by atoms with E-state index in [0.717, 1.165) is 12.2 Å². The highest BCUT2D eigenvalue weighted by Gasteiger charge is 2.33. The van der Waals surface area contributed by atoms with Crippen molar-refractivity contribution >= 4 is 23.7 Å². The van der Waals surface area contributed by atoms with Crippen LogP contribution in [0.15, 0.2) is 0 Å². The molecule has 0 aromatic rings. The lowest BCUT2D eigenvalue weighted by molar-refractivity contribution is -0.147. The van der Waals surface area contributed by atoms with Crippen LogP contribution in [0.3, 0.4) is 0 Å². The topological polar surface area (TPSA) is 89.9 Å². The van der Waals surface area contributed by atoms with Crippen LogP contribution >= 0.6 is 11.8 Å². The molecule has 2 atom stereocenters. The van der Waals surface area contributed by atoms with Gasteiger partial charge in [-0.3, -0.25) is 9.59 Å². The number of thioether (sulfide) groups is 1. The average molecular weight is 262 g/mol. The van der Waals surface area contributed by atoms with Crippen LogP contribution in [-0.2, 0) is 9.59 Å². The Labute approximate surface area is 104 Å². The van der Waals surface area contributed by atoms with Gasteiger partial charge in [0.1, 0.15) is 12.1 Å². The second-order valence-corrected chi connectivity index (χ2v) is 4.98. The molecule has 7 heteroatoms. The quantitative estimate of drug-likeness (QED) is 0.605. The highest BCUT2D eigenvalue weighted by molar-refractivity contribution is 7.98. The van der Waals surface area contributed by atoms with Crippen LogP contribution in [0.25, 0.3) is 0 Å². The van der Waals surface area contributed by atoms with Crippen molar-refractivity contribution in [1.82, 2.24) is 10.4 Å². The SMILES string of the molecule is CSCC[C@H](NN1CCC[C@H]1C(=O)O)C(=O)O. The Bertz CT molecular complexity index is 287. The fourth-order valence-corrected chi connectivity index (χ4v) is 2.33. The van der Waals surface area contributed by atoms with E-state index in [9.17, 15) is 9.59 Å². The lowest BCUT2D eigenvalue weighted by atomic mass is 10.2. The van der Waals surface area contributed by atoms with Gasteiger partial charge >= 0.3 is 11.9 Å². The van der Waals surface area contributed by atoms with E-state index in [1.54, 1.807) is 16.8 Å². The van der Waals surface area contributed by atoms with Gasteiger partial charge in [0.05, 0.1) is 0 Å². The number of rotatable bonds is 7. The van der Waals surface area contributed by atoms with Crippen molar-refractivity contribution < 1.29 is 19.8 Å². The number of hydrogen-bond donors (Lipinski definition) is 3. The van der Waals surface area contributed by atoms with Crippen LogP contribution in [0.4, 0.5) is 0 Å². The fourth-order valence-electron chi connectivity index (χ4n) is 1.86. The molecule has 0 aromatic heterocycles. The van der Waals surface area contributed by atoms with Gasteiger partial charge in [-0.25, -0.2) is 10.4 Å². The Kier molecular flexibility index (Phi) is 5.73. The first-order valence-electron chi connectivity index (χ1n) is 5.53. The zero-order valence-corrected chi connectivity index (χ0v) is 10.6. The summed E-state index contributed by atoms with van der Waals surface area (Å²) in [5.41, 5.74) is 2.82. The molecule has 1 saturated heterocycles. The van der Waals surface area contributed by atoms with Gasteiger partial charge in [0.25, 0.3) is 0 Å². The molecule has 0 aromatic carbocycles. The average Bonchev–Trinajstić information content (AvgIpc) is 2.71. The number of carboxylic acid groups (broad SMARTS) is 2. The minimum atomic E-state index is -0.935. The van der Waals surface area contributed by atoms with Crippen molar-refractivity contribution in [1.29, 1.82) is 0 Å². The first-order chi connectivity index (χ1) is 8.06. The van der Waals surface area contributed by atoms with E-state index in [4.69, 9.17) is 10.2 Å². The minimum Gasteiger partial charge on any atom is -0.480 e. The van der Waals surface area contributed by atoms with Crippen molar-refractivity contribution in [3.8, 4) is 0 Å². The van der Waals surface area contributed by atoms with Gasteiger partial charge in [0, 0.05) is 6.54 Å². The molecule has 0 radical (unpaired) electrons. The highest BCUT2D eigenvalue weighted by atomic mass is 32.2. The van der Waals surface area contributed by atoms with Gasteiger partial charge in [-0.1, -0.05) is 0 Å². The lowest BCUT2D eigenvalue weighted by Crippen LogP contribution is -2.52. The minimum absolute atomic E-state index is 0.485. The molecule has 6 nitrogen and oxygen atoms in total. The number of aliphatic carboxylic acids is 2. The largest absolute Gasteiger partial charge is 0.480 e. The molecule has 1 fully saturated rings. The summed E-state index contributed by atoms with van der Waals surface area (Å²) in [6.07, 6.45) is 3.74. The van der Waals surface area contributed by atoms with E-state index in [-0.39, 0.29) is 0 Å². The van der Waals surface area contributed by atoms with Gasteiger partial charge in [-0.15, -0.1) is 0 Å². The van der Waals surface area contributed by atoms with Crippen LogP contribution < -0.4 is 5.43 Å². The van der Waals surface area contributed by atoms with Gasteiger partial charge < -0.3 is 10.2 Å². The van der Waals surface area contributed by atoms with Gasteiger partial charge in [-0.2, -0.15) is 11.8 Å². The molecule has 98 valence electrons. The van der Waals surface area contributed by atoms with Crippen LogP contribution in [0, 0.1) is 0 Å². The third-order valence-electron chi connectivity index (χ3n) is 2.77. The summed E-state index contributed by atoms with van der Waals surface area (Å²) in [5, 5.41) is 19.6. The zero-order chi connectivity index (χ0) is 12.8. The second-order valence-electron chi connectivity index (χ2n) is 3.99. The van der Waals surface area contributed by atoms with Gasteiger partial charge in [0.15, 0.2) is 0 Å². The normalized spacial score (nSPS) is 22.5. The first-order valence-corrected chi connectivity index (χ1v) is 6.93. The molecule has 1 heterocycles. The third kappa shape index (κ3) is 4.18. The number of hydrogen-bond acceptors (Lipinski definition) is 5. The van der Waals surface area contributed by atoms with E-state index >= 15 is 0 Å². The predicted octanol–water partition coefficient (Wildman–Crippen LogP) is 0.246. The number of hydrazine groups is 1. The summed E-state index contributed by atoms with van der Waals surface area (Å²) in [6.45, 7) is 0.583. The number of nitrogens with zero attached hydrogens (tertiary/aromatic N) is 1. The molecule has 0 unspecified atom stereocenters. The summed E-state index contributed by atoms with van der Waals surface area (Å²) < 4.78 is 0. The maximum absolute atomic E-state index is 11.0. The predicted molar refractivity (Wildman–Crippen MR) is 64.9 cm³/mol. The summed E-state index contributed by atoms with van der Waals surface area (Å²) in [6, 6.07) is -1.31. The molecular formula is C10H18N2O4S. The van der Waals surface area contributed by atoms with E-state index in [0.29, 0.717) is 19.4 Å². The van der Waals surface area contributed by atoms with E-state index in [1.165, 1.54) is 0 Å². The maximum Gasteiger partial charge on any atom is 0.322 e. The van der Waals surface area contributed by atoms with Crippen LogP contribution in [0.5, 0.6) is 0 Å². The Morgan fingerprint density at radius 1 is 1.53 bits per heavy atom. The summed E-state index contributed by atoms with van der Waals surface area (Å²) in [5.74, 6) is -1.10. The van der Waals surface area contributed by atoms with Gasteiger partial charge in [-0.05, 0) is 31.3 Å². The number of nitrogens with one attached hydrogen (secondary N) is 1. The second kappa shape index (κ2) is 6.83. The smallest absolute Gasteiger partial charge is 0.322 e. The van der Waals surface area contributed by atoms with Gasteiger partial charge in [0.2, 0.25) is 0 Å². The Morgan fingerprint density at radius 3 is 2.76 bits per heavy atom. The molecule has 0 bridgehead atoms. The highest BCUT2D eigenvalue weighted by Crippen LogP contribution is 2.16. The van der Waals surface area contributed by atoms with Crippen molar-refractivity contribution in [2.24, 2.45) is 0 Å². The Hall–Kier alpha value is -0.790. The van der Waals surface area contributed by atoms with Crippen LogP contribution in [-0.4, -0.2) is 57.8 Å². The van der Waals surface area contributed by atoms with Crippen molar-refractivity contribution in [3.63, 3.8) is 0 Å². The molecule has 1 aliphatic heterocycles. The molecule has 1 rings (SSSR count).